The Morgan fingerprint density at radius 2 is 1.63 bits per heavy atom. The molecule has 19 heavy (non-hydrogen) atoms. The van der Waals surface area contributed by atoms with Crippen LogP contribution >= 0.6 is 0 Å². The second-order valence-corrected chi connectivity index (χ2v) is 5.60. The van der Waals surface area contributed by atoms with E-state index in [0.29, 0.717) is 6.54 Å². The number of benzene rings is 2. The summed E-state index contributed by atoms with van der Waals surface area (Å²) in [6, 6.07) is 15.5. The molecule has 0 bridgehead atoms. The molecule has 0 aliphatic carbocycles. The maximum absolute atomic E-state index is 12.0. The van der Waals surface area contributed by atoms with E-state index in [9.17, 15) is 8.42 Å². The van der Waals surface area contributed by atoms with E-state index < -0.39 is 10.0 Å². The minimum atomic E-state index is -3.65. The minimum Gasteiger partial charge on any atom is -0.326 e. The van der Waals surface area contributed by atoms with Gasteiger partial charge in [0, 0.05) is 12.8 Å². The fourth-order valence-electron chi connectivity index (χ4n) is 1.53. The second-order valence-electron chi connectivity index (χ2n) is 3.97. The maximum atomic E-state index is 12.0. The Balaban J connectivity index is 2.25. The van der Waals surface area contributed by atoms with E-state index in [1.165, 1.54) is 18.3 Å². The van der Waals surface area contributed by atoms with Crippen LogP contribution in [0.2, 0.25) is 0 Å². The zero-order valence-electron chi connectivity index (χ0n) is 10.2. The molecule has 2 aromatic rings. The van der Waals surface area contributed by atoms with Crippen LogP contribution in [-0.4, -0.2) is 14.6 Å². The van der Waals surface area contributed by atoms with Crippen LogP contribution < -0.4 is 5.73 Å². The van der Waals surface area contributed by atoms with E-state index in [1.54, 1.807) is 24.3 Å². The minimum absolute atomic E-state index is 0.164. The SMILES string of the molecule is NCc1ccc(S(=O)(=O)N=Cc2ccccc2)cc1. The van der Waals surface area contributed by atoms with Gasteiger partial charge in [-0.05, 0) is 23.3 Å². The van der Waals surface area contributed by atoms with E-state index in [2.05, 4.69) is 4.40 Å². The Bertz CT molecular complexity index is 662. The average molecular weight is 274 g/mol. The van der Waals surface area contributed by atoms with E-state index in [4.69, 9.17) is 5.73 Å². The molecule has 0 aliphatic heterocycles. The molecule has 0 spiro atoms. The summed E-state index contributed by atoms with van der Waals surface area (Å²) in [6.45, 7) is 0.383. The van der Waals surface area contributed by atoms with Crippen molar-refractivity contribution >= 4 is 16.2 Å². The van der Waals surface area contributed by atoms with Crippen LogP contribution in [0.25, 0.3) is 0 Å². The van der Waals surface area contributed by atoms with Crippen LogP contribution in [-0.2, 0) is 16.6 Å². The first-order valence-corrected chi connectivity index (χ1v) is 7.20. The van der Waals surface area contributed by atoms with Gasteiger partial charge in [0.15, 0.2) is 0 Å². The van der Waals surface area contributed by atoms with Crippen LogP contribution in [0.5, 0.6) is 0 Å². The van der Waals surface area contributed by atoms with Gasteiger partial charge in [-0.1, -0.05) is 42.5 Å². The molecule has 0 unspecified atom stereocenters. The summed E-state index contributed by atoms with van der Waals surface area (Å²) in [7, 11) is -3.65. The molecule has 0 saturated carbocycles. The molecule has 98 valence electrons. The third-order valence-electron chi connectivity index (χ3n) is 2.60. The predicted molar refractivity (Wildman–Crippen MR) is 75.6 cm³/mol. The molecule has 0 fully saturated rings. The van der Waals surface area contributed by atoms with Crippen molar-refractivity contribution in [1.82, 2.24) is 0 Å². The first kappa shape index (κ1) is 13.5. The predicted octanol–water partition coefficient (Wildman–Crippen LogP) is 1.95. The monoisotopic (exact) mass is 274 g/mol. The molecule has 0 saturated heterocycles. The number of sulfonamides is 1. The van der Waals surface area contributed by atoms with Crippen LogP contribution in [0.4, 0.5) is 0 Å². The fourth-order valence-corrected chi connectivity index (χ4v) is 2.39. The van der Waals surface area contributed by atoms with Gasteiger partial charge < -0.3 is 5.73 Å². The number of nitrogens with two attached hydrogens (primary N) is 1. The molecular formula is C14H14N2O2S. The van der Waals surface area contributed by atoms with Crippen LogP contribution in [0.3, 0.4) is 0 Å². The van der Waals surface area contributed by atoms with Crippen molar-refractivity contribution in [2.75, 3.05) is 0 Å². The van der Waals surface area contributed by atoms with Gasteiger partial charge in [0.25, 0.3) is 10.0 Å². The standard InChI is InChI=1S/C14H14N2O2S/c15-10-12-6-8-14(9-7-12)19(17,18)16-11-13-4-2-1-3-5-13/h1-9,11H,10,15H2. The average Bonchev–Trinajstić information content (AvgIpc) is 2.46. The summed E-state index contributed by atoms with van der Waals surface area (Å²) in [5, 5.41) is 0. The quantitative estimate of drug-likeness (QED) is 0.866. The van der Waals surface area contributed by atoms with E-state index in [-0.39, 0.29) is 4.90 Å². The highest BCUT2D eigenvalue weighted by Gasteiger charge is 2.10. The lowest BCUT2D eigenvalue weighted by molar-refractivity contribution is 0.598. The molecule has 2 aromatic carbocycles. The van der Waals surface area contributed by atoms with E-state index in [1.807, 2.05) is 18.2 Å². The largest absolute Gasteiger partial charge is 0.326 e. The third-order valence-corrected chi connectivity index (χ3v) is 3.85. The summed E-state index contributed by atoms with van der Waals surface area (Å²) in [6.07, 6.45) is 1.34. The Morgan fingerprint density at radius 1 is 1.00 bits per heavy atom. The van der Waals surface area contributed by atoms with Crippen molar-refractivity contribution < 1.29 is 8.42 Å². The Labute approximate surface area is 112 Å². The third kappa shape index (κ3) is 3.49. The zero-order chi connectivity index (χ0) is 13.7. The number of hydrogen-bond acceptors (Lipinski definition) is 3. The molecule has 0 aromatic heterocycles. The fraction of sp³-hybridized carbons (Fsp3) is 0.0714. The second kappa shape index (κ2) is 5.77. The van der Waals surface area contributed by atoms with Crippen molar-refractivity contribution in [3.8, 4) is 0 Å². The number of nitrogens with zero attached hydrogens (tertiary/aromatic N) is 1. The summed E-state index contributed by atoms with van der Waals surface area (Å²) in [5.74, 6) is 0. The van der Waals surface area contributed by atoms with E-state index >= 15 is 0 Å². The first-order chi connectivity index (χ1) is 9.12. The molecule has 0 radical (unpaired) electrons. The lowest BCUT2D eigenvalue weighted by Crippen LogP contribution is -2.00. The highest BCUT2D eigenvalue weighted by Crippen LogP contribution is 2.13. The van der Waals surface area contributed by atoms with Gasteiger partial charge in [-0.25, -0.2) is 0 Å². The smallest absolute Gasteiger partial charge is 0.282 e. The molecule has 0 amide bonds. The van der Waals surface area contributed by atoms with Crippen molar-refractivity contribution in [2.45, 2.75) is 11.4 Å². The molecule has 4 nitrogen and oxygen atoms in total. The molecule has 2 N–H and O–H groups in total. The van der Waals surface area contributed by atoms with Crippen molar-refractivity contribution in [2.24, 2.45) is 10.1 Å². The summed E-state index contributed by atoms with van der Waals surface area (Å²) < 4.78 is 27.6. The Hall–Kier alpha value is -1.98. The van der Waals surface area contributed by atoms with Gasteiger partial charge in [0.05, 0.1) is 4.90 Å². The maximum Gasteiger partial charge on any atom is 0.282 e. The van der Waals surface area contributed by atoms with E-state index in [0.717, 1.165) is 11.1 Å². The van der Waals surface area contributed by atoms with Crippen molar-refractivity contribution in [1.29, 1.82) is 0 Å². The Kier molecular flexibility index (Phi) is 4.09. The highest BCUT2D eigenvalue weighted by atomic mass is 32.2. The molecule has 2 rings (SSSR count). The number of hydrogen-bond donors (Lipinski definition) is 1. The molecule has 0 heterocycles. The van der Waals surface area contributed by atoms with Gasteiger partial charge in [-0.3, -0.25) is 0 Å². The van der Waals surface area contributed by atoms with Crippen molar-refractivity contribution in [3.63, 3.8) is 0 Å². The lowest BCUT2D eigenvalue weighted by atomic mass is 10.2. The molecule has 0 aliphatic rings. The highest BCUT2D eigenvalue weighted by molar-refractivity contribution is 7.90. The normalized spacial score (nSPS) is 11.8. The van der Waals surface area contributed by atoms with Gasteiger partial charge in [0.1, 0.15) is 0 Å². The van der Waals surface area contributed by atoms with Gasteiger partial charge in [-0.15, -0.1) is 0 Å². The summed E-state index contributed by atoms with van der Waals surface area (Å²) in [5.41, 5.74) is 7.09. The molecule has 0 atom stereocenters. The molecular weight excluding hydrogens is 260 g/mol. The van der Waals surface area contributed by atoms with Crippen LogP contribution in [0, 0.1) is 0 Å². The van der Waals surface area contributed by atoms with Gasteiger partial charge >= 0.3 is 0 Å². The Morgan fingerprint density at radius 3 is 2.21 bits per heavy atom. The summed E-state index contributed by atoms with van der Waals surface area (Å²) >= 11 is 0. The molecule has 5 heteroatoms. The van der Waals surface area contributed by atoms with Crippen LogP contribution in [0.15, 0.2) is 63.9 Å². The van der Waals surface area contributed by atoms with Gasteiger partial charge in [-0.2, -0.15) is 12.8 Å². The van der Waals surface area contributed by atoms with Gasteiger partial charge in [0.2, 0.25) is 0 Å². The summed E-state index contributed by atoms with van der Waals surface area (Å²) in [4.78, 5) is 0.164. The lowest BCUT2D eigenvalue weighted by Gasteiger charge is -2.00. The first-order valence-electron chi connectivity index (χ1n) is 5.76. The van der Waals surface area contributed by atoms with Crippen molar-refractivity contribution in [3.05, 3.63) is 65.7 Å². The topological polar surface area (TPSA) is 72.5 Å². The zero-order valence-corrected chi connectivity index (χ0v) is 11.0. The number of rotatable bonds is 4. The van der Waals surface area contributed by atoms with Crippen LogP contribution in [0.1, 0.15) is 11.1 Å².